The third-order valence-electron chi connectivity index (χ3n) is 1.73. The van der Waals surface area contributed by atoms with Crippen LogP contribution in [-0.4, -0.2) is 21.5 Å². The number of carbonyl (C=O) groups is 1. The fourth-order valence-corrected chi connectivity index (χ4v) is 1.21. The van der Waals surface area contributed by atoms with E-state index in [1.54, 1.807) is 0 Å². The van der Waals surface area contributed by atoms with Crippen molar-refractivity contribution in [3.63, 3.8) is 0 Å². The minimum atomic E-state index is -5.11. The largest absolute Gasteiger partial charge is 0.573 e. The van der Waals surface area contributed by atoms with Crippen molar-refractivity contribution >= 4 is 22.7 Å². The van der Waals surface area contributed by atoms with Gasteiger partial charge >= 0.3 is 12.2 Å². The van der Waals surface area contributed by atoms with Gasteiger partial charge in [0.1, 0.15) is 0 Å². The number of ether oxygens (including phenoxy) is 1. The Hall–Kier alpha value is -1.90. The van der Waals surface area contributed by atoms with Gasteiger partial charge in [0.15, 0.2) is 0 Å². The van der Waals surface area contributed by atoms with E-state index in [1.807, 2.05) is 0 Å². The van der Waals surface area contributed by atoms with E-state index in [-0.39, 0.29) is 5.56 Å². The average molecular weight is 285 g/mol. The lowest BCUT2D eigenvalue weighted by molar-refractivity contribution is -0.393. The lowest BCUT2D eigenvalue weighted by Gasteiger charge is -2.10. The van der Waals surface area contributed by atoms with Crippen LogP contribution in [0.5, 0.6) is 5.75 Å². The Morgan fingerprint density at radius 3 is 2.50 bits per heavy atom. The summed E-state index contributed by atoms with van der Waals surface area (Å²) in [5.74, 6) is -2.30. The first kappa shape index (κ1) is 14.2. The molecule has 0 amide bonds. The molecule has 0 fully saturated rings. The van der Waals surface area contributed by atoms with Crippen LogP contribution in [0.3, 0.4) is 0 Å². The predicted molar refractivity (Wildman–Crippen MR) is 52.5 cm³/mol. The van der Waals surface area contributed by atoms with E-state index >= 15 is 0 Å². The molecule has 0 radical (unpaired) electrons. The van der Waals surface area contributed by atoms with Gasteiger partial charge in [-0.1, -0.05) is 0 Å². The monoisotopic (exact) mass is 284 g/mol. The second-order valence-corrected chi connectivity index (χ2v) is 3.40. The van der Waals surface area contributed by atoms with E-state index in [9.17, 15) is 28.1 Å². The van der Waals surface area contributed by atoms with Crippen molar-refractivity contribution in [2.75, 3.05) is 0 Å². The predicted octanol–water partition coefficient (Wildman–Crippen LogP) is 2.58. The van der Waals surface area contributed by atoms with Crippen LogP contribution in [0.4, 0.5) is 19.0 Å². The summed E-state index contributed by atoms with van der Waals surface area (Å²) in [5, 5.41) is 9.45. The third kappa shape index (κ3) is 3.29. The molecule has 18 heavy (non-hydrogen) atoms. The normalized spacial score (nSPS) is 11.2. The van der Waals surface area contributed by atoms with Crippen LogP contribution in [0.25, 0.3) is 0 Å². The Balaban J connectivity index is 3.41. The third-order valence-corrected chi connectivity index (χ3v) is 1.93. The molecule has 0 aliphatic heterocycles. The fraction of sp³-hybridized carbons (Fsp3) is 0.250. The van der Waals surface area contributed by atoms with E-state index in [1.165, 1.54) is 0 Å². The van der Waals surface area contributed by atoms with E-state index in [0.717, 1.165) is 13.0 Å². The zero-order valence-corrected chi connectivity index (χ0v) is 9.37. The molecule has 1 rings (SSSR count). The van der Waals surface area contributed by atoms with Crippen LogP contribution in [-0.2, 0) is 0 Å². The summed E-state index contributed by atoms with van der Waals surface area (Å²) in [5.41, 5.74) is -0.812. The Morgan fingerprint density at radius 2 is 2.11 bits per heavy atom. The molecule has 0 aromatic carbocycles. The molecule has 0 saturated heterocycles. The van der Waals surface area contributed by atoms with E-state index in [4.69, 9.17) is 11.6 Å². The number of aryl methyl sites for hydroxylation is 1. The Bertz CT molecular complexity index is 518. The van der Waals surface area contributed by atoms with Gasteiger partial charge in [0.05, 0.1) is 0 Å². The van der Waals surface area contributed by atoms with Crippen molar-refractivity contribution < 1.29 is 27.6 Å². The number of halogens is 4. The number of hydrogen-bond acceptors (Lipinski definition) is 5. The van der Waals surface area contributed by atoms with Gasteiger partial charge in [-0.15, -0.1) is 13.2 Å². The van der Waals surface area contributed by atoms with Crippen molar-refractivity contribution in [1.82, 2.24) is 4.98 Å². The molecular formula is C8H4ClF3N2O4. The van der Waals surface area contributed by atoms with Gasteiger partial charge in [-0.2, -0.15) is 0 Å². The highest BCUT2D eigenvalue weighted by Crippen LogP contribution is 2.34. The Morgan fingerprint density at radius 1 is 1.56 bits per heavy atom. The number of nitro groups is 1. The lowest BCUT2D eigenvalue weighted by Crippen LogP contribution is -2.19. The maximum Gasteiger partial charge on any atom is 0.573 e. The van der Waals surface area contributed by atoms with Crippen LogP contribution in [0, 0.1) is 17.0 Å². The van der Waals surface area contributed by atoms with Gasteiger partial charge in [-0.25, -0.2) is 0 Å². The van der Waals surface area contributed by atoms with Crippen LogP contribution < -0.4 is 4.74 Å². The zero-order chi connectivity index (χ0) is 14.1. The van der Waals surface area contributed by atoms with Crippen molar-refractivity contribution in [2.24, 2.45) is 0 Å². The summed E-state index contributed by atoms with van der Waals surface area (Å²) in [4.78, 5) is 23.3. The highest BCUT2D eigenvalue weighted by Gasteiger charge is 2.37. The summed E-state index contributed by atoms with van der Waals surface area (Å²) < 4.78 is 39.7. The van der Waals surface area contributed by atoms with Gasteiger partial charge in [0.2, 0.25) is 11.4 Å². The number of rotatable bonds is 3. The molecule has 1 heterocycles. The van der Waals surface area contributed by atoms with Gasteiger partial charge in [-0.3, -0.25) is 4.79 Å². The molecule has 1 aromatic rings. The molecule has 1 aromatic heterocycles. The molecule has 0 atom stereocenters. The molecule has 0 saturated carbocycles. The summed E-state index contributed by atoms with van der Waals surface area (Å²) in [6, 6.07) is 0.864. The lowest BCUT2D eigenvalue weighted by atomic mass is 10.2. The number of nitrogens with zero attached hydrogens (tertiary/aromatic N) is 2. The molecule has 6 nitrogen and oxygen atoms in total. The molecule has 0 aliphatic rings. The standard InChI is InChI=1S/C8H4ClF3N2O4/c1-3-2-4(6(9)15)13-7(14(16)17)5(3)18-8(10,11)12/h2H,1H3. The van der Waals surface area contributed by atoms with E-state index in [2.05, 4.69) is 9.72 Å². The minimum absolute atomic E-state index is 0.280. The van der Waals surface area contributed by atoms with Crippen molar-refractivity contribution in [3.8, 4) is 5.75 Å². The second kappa shape index (κ2) is 4.77. The van der Waals surface area contributed by atoms with Crippen LogP contribution in [0.1, 0.15) is 16.1 Å². The summed E-state index contributed by atoms with van der Waals surface area (Å²) in [6.07, 6.45) is -5.11. The first-order valence-corrected chi connectivity index (χ1v) is 4.61. The maximum absolute atomic E-state index is 12.1. The topological polar surface area (TPSA) is 82.3 Å². The summed E-state index contributed by atoms with van der Waals surface area (Å²) >= 11 is 5.05. The van der Waals surface area contributed by atoms with Gasteiger partial charge in [-0.05, 0) is 28.4 Å². The van der Waals surface area contributed by atoms with Gasteiger partial charge < -0.3 is 14.9 Å². The molecule has 0 aliphatic carbocycles. The Labute approximate surface area is 102 Å². The number of aromatic nitrogens is 1. The quantitative estimate of drug-likeness (QED) is 0.484. The number of alkyl halides is 3. The fourth-order valence-electron chi connectivity index (χ4n) is 1.11. The van der Waals surface area contributed by atoms with Crippen molar-refractivity contribution in [3.05, 3.63) is 27.4 Å². The van der Waals surface area contributed by atoms with Crippen molar-refractivity contribution in [2.45, 2.75) is 13.3 Å². The summed E-state index contributed by atoms with van der Waals surface area (Å²) in [7, 11) is 0. The average Bonchev–Trinajstić information content (AvgIpc) is 2.18. The second-order valence-electron chi connectivity index (χ2n) is 3.06. The number of carbonyl (C=O) groups excluding carboxylic acids is 1. The SMILES string of the molecule is Cc1cc(C(=O)Cl)nc([N+](=O)[O-])c1OC(F)(F)F. The molecule has 10 heteroatoms. The zero-order valence-electron chi connectivity index (χ0n) is 8.62. The highest BCUT2D eigenvalue weighted by atomic mass is 35.5. The molecule has 0 bridgehead atoms. The molecule has 0 unspecified atom stereocenters. The number of hydrogen-bond donors (Lipinski definition) is 0. The molecular weight excluding hydrogens is 281 g/mol. The summed E-state index contributed by atoms with van der Waals surface area (Å²) in [6.45, 7) is 1.10. The smallest absolute Gasteiger partial charge is 0.396 e. The maximum atomic E-state index is 12.1. The number of pyridine rings is 1. The van der Waals surface area contributed by atoms with Crippen molar-refractivity contribution in [1.29, 1.82) is 0 Å². The van der Waals surface area contributed by atoms with E-state index in [0.29, 0.717) is 0 Å². The molecule has 98 valence electrons. The van der Waals surface area contributed by atoms with E-state index < -0.39 is 33.8 Å². The Kier molecular flexibility index (Phi) is 3.75. The molecule has 0 spiro atoms. The first-order chi connectivity index (χ1) is 8.11. The van der Waals surface area contributed by atoms with Crippen LogP contribution in [0.15, 0.2) is 6.07 Å². The van der Waals surface area contributed by atoms with Crippen LogP contribution in [0.2, 0.25) is 0 Å². The highest BCUT2D eigenvalue weighted by molar-refractivity contribution is 6.67. The first-order valence-electron chi connectivity index (χ1n) is 4.23. The minimum Gasteiger partial charge on any atom is -0.396 e. The van der Waals surface area contributed by atoms with Gasteiger partial charge in [0, 0.05) is 11.6 Å². The van der Waals surface area contributed by atoms with Gasteiger partial charge in [0.25, 0.3) is 5.24 Å². The van der Waals surface area contributed by atoms with Crippen LogP contribution >= 0.6 is 11.6 Å². The molecule has 0 N–H and O–H groups in total.